The van der Waals surface area contributed by atoms with Crippen LogP contribution < -0.4 is 10.1 Å². The molecule has 0 spiro atoms. The molecule has 1 aromatic carbocycles. The van der Waals surface area contributed by atoms with E-state index in [0.29, 0.717) is 18.4 Å². The van der Waals surface area contributed by atoms with E-state index in [0.717, 1.165) is 50.2 Å². The summed E-state index contributed by atoms with van der Waals surface area (Å²) in [5, 5.41) is 25.9. The van der Waals surface area contributed by atoms with E-state index < -0.39 is 0 Å². The summed E-state index contributed by atoms with van der Waals surface area (Å²) in [6.07, 6.45) is 13.3. The molecule has 3 saturated heterocycles. The van der Waals surface area contributed by atoms with E-state index >= 15 is 0 Å². The Morgan fingerprint density at radius 2 is 1.72 bits per heavy atom. The zero-order valence-corrected chi connectivity index (χ0v) is 22.3. The number of aliphatic hydroxyl groups is 2. The second-order valence-corrected chi connectivity index (χ2v) is 12.0. The number of rotatable bonds is 7. The standard InChI is InChI=1S/C30H48N2O4/c1-35-25-12-10-23(11-13-25)21-36-27(20-33)30-26-14-17-32-16-9-7-5-3-2-4-6-8-15-29(22-34,28(30)32)18-24(26)19-31-30/h10-13,24,26-28,31,33-34H,2-9,14-22H2,1H3/t24?,26?,27-,28?,29?,30?/m1/s1. The summed E-state index contributed by atoms with van der Waals surface area (Å²) in [7, 11) is 1.68. The molecule has 3 heterocycles. The molecular formula is C30H48N2O4. The van der Waals surface area contributed by atoms with Crippen molar-refractivity contribution in [3.8, 4) is 5.75 Å². The smallest absolute Gasteiger partial charge is 0.118 e. The van der Waals surface area contributed by atoms with Crippen LogP contribution in [0.5, 0.6) is 5.75 Å². The van der Waals surface area contributed by atoms with Crippen molar-refractivity contribution in [2.75, 3.05) is 40.0 Å². The van der Waals surface area contributed by atoms with Gasteiger partial charge in [0.25, 0.3) is 0 Å². The van der Waals surface area contributed by atoms with Crippen LogP contribution in [0.25, 0.3) is 0 Å². The third-order valence-electron chi connectivity index (χ3n) is 10.1. The average Bonchev–Trinajstić information content (AvgIpc) is 3.20. The number of methoxy groups -OCH3 is 1. The van der Waals surface area contributed by atoms with E-state index in [-0.39, 0.29) is 36.3 Å². The second-order valence-electron chi connectivity index (χ2n) is 12.0. The molecule has 0 radical (unpaired) electrons. The summed E-state index contributed by atoms with van der Waals surface area (Å²) < 4.78 is 11.9. The number of benzene rings is 1. The molecule has 6 heteroatoms. The number of nitrogens with one attached hydrogen (secondary N) is 1. The van der Waals surface area contributed by atoms with Crippen LogP contribution in [-0.4, -0.2) is 72.8 Å². The van der Waals surface area contributed by atoms with Gasteiger partial charge in [0.2, 0.25) is 0 Å². The molecule has 5 unspecified atom stereocenters. The molecule has 5 rings (SSSR count). The highest BCUT2D eigenvalue weighted by Gasteiger charge is 2.69. The van der Waals surface area contributed by atoms with Gasteiger partial charge in [-0.3, -0.25) is 4.90 Å². The first-order valence-electron chi connectivity index (χ1n) is 14.6. The molecule has 3 N–H and O–H groups in total. The van der Waals surface area contributed by atoms with Crippen molar-refractivity contribution in [2.45, 2.75) is 94.9 Å². The fourth-order valence-corrected chi connectivity index (χ4v) is 8.57. The van der Waals surface area contributed by atoms with Gasteiger partial charge in [-0.1, -0.05) is 57.1 Å². The second kappa shape index (κ2) is 11.7. The van der Waals surface area contributed by atoms with E-state index in [2.05, 4.69) is 10.2 Å². The number of piperidine rings is 1. The monoisotopic (exact) mass is 500 g/mol. The van der Waals surface area contributed by atoms with Gasteiger partial charge in [-0.2, -0.15) is 0 Å². The van der Waals surface area contributed by atoms with E-state index in [4.69, 9.17) is 9.47 Å². The molecule has 4 fully saturated rings. The zero-order chi connectivity index (χ0) is 25.0. The van der Waals surface area contributed by atoms with E-state index in [1.807, 2.05) is 24.3 Å². The molecule has 1 aromatic rings. The van der Waals surface area contributed by atoms with Gasteiger partial charge in [-0.05, 0) is 74.8 Å². The number of hydrogen-bond acceptors (Lipinski definition) is 6. The van der Waals surface area contributed by atoms with Gasteiger partial charge in [0.15, 0.2) is 0 Å². The molecule has 1 saturated carbocycles. The number of nitrogens with zero attached hydrogens (tertiary/aromatic N) is 1. The van der Waals surface area contributed by atoms with E-state index in [1.54, 1.807) is 7.11 Å². The quantitative estimate of drug-likeness (QED) is 0.523. The van der Waals surface area contributed by atoms with Gasteiger partial charge in [0, 0.05) is 11.5 Å². The lowest BCUT2D eigenvalue weighted by atomic mass is 9.51. The molecule has 0 aromatic heterocycles. The van der Waals surface area contributed by atoms with Gasteiger partial charge in [-0.15, -0.1) is 0 Å². The van der Waals surface area contributed by atoms with E-state index in [1.165, 1.54) is 51.4 Å². The number of aliphatic hydroxyl groups excluding tert-OH is 2. The molecule has 1 aliphatic carbocycles. The van der Waals surface area contributed by atoms with Crippen molar-refractivity contribution in [2.24, 2.45) is 17.3 Å². The first-order valence-corrected chi connectivity index (χ1v) is 14.6. The van der Waals surface area contributed by atoms with Gasteiger partial charge in [-0.25, -0.2) is 0 Å². The first-order chi connectivity index (χ1) is 17.7. The predicted molar refractivity (Wildman–Crippen MR) is 142 cm³/mol. The molecule has 6 nitrogen and oxygen atoms in total. The molecule has 0 amide bonds. The van der Waals surface area contributed by atoms with Crippen molar-refractivity contribution >= 4 is 0 Å². The van der Waals surface area contributed by atoms with Crippen LogP contribution in [-0.2, 0) is 11.3 Å². The Hall–Kier alpha value is -1.18. The van der Waals surface area contributed by atoms with Crippen LogP contribution in [0.15, 0.2) is 24.3 Å². The van der Waals surface area contributed by atoms with Crippen LogP contribution in [0.1, 0.15) is 76.2 Å². The summed E-state index contributed by atoms with van der Waals surface area (Å²) in [6, 6.07) is 8.22. The van der Waals surface area contributed by atoms with Crippen molar-refractivity contribution in [3.63, 3.8) is 0 Å². The summed E-state index contributed by atoms with van der Waals surface area (Å²) >= 11 is 0. The normalized spacial score (nSPS) is 36.4. The van der Waals surface area contributed by atoms with E-state index in [9.17, 15) is 10.2 Å². The lowest BCUT2D eigenvalue weighted by molar-refractivity contribution is -0.179. The molecule has 6 atom stereocenters. The molecule has 4 bridgehead atoms. The highest BCUT2D eigenvalue weighted by Crippen LogP contribution is 2.59. The van der Waals surface area contributed by atoms with Crippen LogP contribution in [0.3, 0.4) is 0 Å². The van der Waals surface area contributed by atoms with Crippen LogP contribution in [0.2, 0.25) is 0 Å². The molecule has 4 aliphatic rings. The van der Waals surface area contributed by atoms with Gasteiger partial charge in [0.05, 0.1) is 32.5 Å². The fourth-order valence-electron chi connectivity index (χ4n) is 8.57. The lowest BCUT2D eigenvalue weighted by Crippen LogP contribution is -2.78. The Kier molecular flexibility index (Phi) is 8.58. The topological polar surface area (TPSA) is 74.2 Å². The molecule has 3 aliphatic heterocycles. The van der Waals surface area contributed by atoms with Gasteiger partial charge in [0.1, 0.15) is 11.9 Å². The lowest BCUT2D eigenvalue weighted by Gasteiger charge is -2.64. The van der Waals surface area contributed by atoms with Gasteiger partial charge >= 0.3 is 0 Å². The maximum atomic E-state index is 11.1. The SMILES string of the molecule is COc1ccc(CO[C@H](CO)C23NCC4CC5(CO)CCCCCCCCCCN(CCC42)C53)cc1. The van der Waals surface area contributed by atoms with Crippen molar-refractivity contribution < 1.29 is 19.7 Å². The Morgan fingerprint density at radius 1 is 1.00 bits per heavy atom. The Labute approximate surface area is 217 Å². The largest absolute Gasteiger partial charge is 0.497 e. The van der Waals surface area contributed by atoms with Crippen LogP contribution in [0.4, 0.5) is 0 Å². The first kappa shape index (κ1) is 26.4. The highest BCUT2D eigenvalue weighted by atomic mass is 16.5. The van der Waals surface area contributed by atoms with Crippen LogP contribution >= 0.6 is 0 Å². The maximum Gasteiger partial charge on any atom is 0.118 e. The minimum absolute atomic E-state index is 0.00176. The zero-order valence-electron chi connectivity index (χ0n) is 22.3. The Morgan fingerprint density at radius 3 is 2.42 bits per heavy atom. The van der Waals surface area contributed by atoms with Gasteiger partial charge < -0.3 is 25.0 Å². The Balaban J connectivity index is 1.46. The van der Waals surface area contributed by atoms with Crippen molar-refractivity contribution in [1.82, 2.24) is 10.2 Å². The van der Waals surface area contributed by atoms with Crippen LogP contribution in [0, 0.1) is 17.3 Å². The minimum atomic E-state index is -0.314. The van der Waals surface area contributed by atoms with Crippen molar-refractivity contribution in [1.29, 1.82) is 0 Å². The molecule has 202 valence electrons. The molecular weight excluding hydrogens is 452 g/mol. The maximum absolute atomic E-state index is 11.1. The number of ether oxygens (including phenoxy) is 2. The summed E-state index contributed by atoms with van der Waals surface area (Å²) in [4.78, 5) is 2.71. The summed E-state index contributed by atoms with van der Waals surface area (Å²) in [5.41, 5.74) is 0.645. The predicted octanol–water partition coefficient (Wildman–Crippen LogP) is 4.13. The molecule has 36 heavy (non-hydrogen) atoms. The Bertz CT molecular complexity index is 835. The number of hydrogen-bond donors (Lipinski definition) is 3. The fraction of sp³-hybridized carbons (Fsp3) is 0.800. The summed E-state index contributed by atoms with van der Waals surface area (Å²) in [6.45, 7) is 3.86. The summed E-state index contributed by atoms with van der Waals surface area (Å²) in [5.74, 6) is 1.87. The van der Waals surface area contributed by atoms with Crippen molar-refractivity contribution in [3.05, 3.63) is 29.8 Å². The minimum Gasteiger partial charge on any atom is -0.497 e. The average molecular weight is 501 g/mol. The third-order valence-corrected chi connectivity index (χ3v) is 10.1. The highest BCUT2D eigenvalue weighted by molar-refractivity contribution is 5.28. The third kappa shape index (κ3) is 4.84.